The Balaban J connectivity index is 2.36. The molecular formula is C13H17NOS. The maximum absolute atomic E-state index is 10.1. The molecule has 0 amide bonds. The standard InChI is InChI=1S/C13H17NOS/c1-2-3-4-5-9-16-13-8-6-7-12(10-13)14-11-15/h6-8,10H,2-5,9H2,1H3. The van der Waals surface area contributed by atoms with E-state index in [1.165, 1.54) is 30.6 Å². The minimum Gasteiger partial charge on any atom is -0.211 e. The molecule has 0 saturated heterocycles. The maximum Gasteiger partial charge on any atom is 0.240 e. The summed E-state index contributed by atoms with van der Waals surface area (Å²) >= 11 is 1.82. The molecule has 0 N–H and O–H groups in total. The molecule has 0 atom stereocenters. The topological polar surface area (TPSA) is 29.4 Å². The third-order valence-corrected chi connectivity index (χ3v) is 3.34. The highest BCUT2D eigenvalue weighted by molar-refractivity contribution is 7.99. The monoisotopic (exact) mass is 235 g/mol. The van der Waals surface area contributed by atoms with E-state index in [1.807, 2.05) is 36.0 Å². The summed E-state index contributed by atoms with van der Waals surface area (Å²) in [4.78, 5) is 14.9. The SMILES string of the molecule is CCCCCCSc1cccc(N=C=O)c1. The fourth-order valence-corrected chi connectivity index (χ4v) is 2.38. The van der Waals surface area contributed by atoms with Gasteiger partial charge in [0.15, 0.2) is 0 Å². The highest BCUT2D eigenvalue weighted by atomic mass is 32.2. The summed E-state index contributed by atoms with van der Waals surface area (Å²) in [6.45, 7) is 2.22. The van der Waals surface area contributed by atoms with Crippen LogP contribution in [0.5, 0.6) is 0 Å². The van der Waals surface area contributed by atoms with Crippen molar-refractivity contribution in [1.82, 2.24) is 0 Å². The van der Waals surface area contributed by atoms with Gasteiger partial charge in [0.1, 0.15) is 0 Å². The van der Waals surface area contributed by atoms with E-state index < -0.39 is 0 Å². The molecule has 0 aliphatic carbocycles. The fraction of sp³-hybridized carbons (Fsp3) is 0.462. The van der Waals surface area contributed by atoms with Crippen LogP contribution in [0, 0.1) is 0 Å². The van der Waals surface area contributed by atoms with E-state index in [4.69, 9.17) is 0 Å². The maximum atomic E-state index is 10.1. The van der Waals surface area contributed by atoms with Crippen LogP contribution in [0.25, 0.3) is 0 Å². The average molecular weight is 235 g/mol. The lowest BCUT2D eigenvalue weighted by molar-refractivity contribution is 0.565. The lowest BCUT2D eigenvalue weighted by Crippen LogP contribution is -1.81. The van der Waals surface area contributed by atoms with E-state index in [1.54, 1.807) is 6.08 Å². The summed E-state index contributed by atoms with van der Waals surface area (Å²) in [7, 11) is 0. The minimum absolute atomic E-state index is 0.688. The first-order chi connectivity index (χ1) is 7.86. The van der Waals surface area contributed by atoms with Crippen LogP contribution < -0.4 is 0 Å². The molecule has 0 fully saturated rings. The van der Waals surface area contributed by atoms with Crippen molar-refractivity contribution in [3.63, 3.8) is 0 Å². The van der Waals surface area contributed by atoms with Crippen LogP contribution in [0.3, 0.4) is 0 Å². The van der Waals surface area contributed by atoms with Gasteiger partial charge in [-0.05, 0) is 30.4 Å². The Morgan fingerprint density at radius 2 is 2.19 bits per heavy atom. The number of unbranched alkanes of at least 4 members (excludes halogenated alkanes) is 3. The molecule has 0 bridgehead atoms. The van der Waals surface area contributed by atoms with Crippen LogP contribution in [0.4, 0.5) is 5.69 Å². The molecule has 0 aliphatic rings. The second-order valence-corrected chi connectivity index (χ2v) is 4.78. The number of carbonyl (C=O) groups excluding carboxylic acids is 1. The van der Waals surface area contributed by atoms with Crippen LogP contribution in [-0.2, 0) is 4.79 Å². The molecule has 3 heteroatoms. The summed E-state index contributed by atoms with van der Waals surface area (Å²) in [5, 5.41) is 0. The average Bonchev–Trinajstić information content (AvgIpc) is 2.30. The zero-order chi connectivity index (χ0) is 11.6. The van der Waals surface area contributed by atoms with Crippen LogP contribution in [0.1, 0.15) is 32.6 Å². The molecule has 1 rings (SSSR count). The lowest BCUT2D eigenvalue weighted by Gasteiger charge is -2.01. The van der Waals surface area contributed by atoms with Gasteiger partial charge in [-0.3, -0.25) is 0 Å². The predicted molar refractivity (Wildman–Crippen MR) is 69.1 cm³/mol. The van der Waals surface area contributed by atoms with E-state index in [-0.39, 0.29) is 0 Å². The summed E-state index contributed by atoms with van der Waals surface area (Å²) in [6.07, 6.45) is 6.70. The summed E-state index contributed by atoms with van der Waals surface area (Å²) in [6, 6.07) is 7.71. The molecule has 0 spiro atoms. The van der Waals surface area contributed by atoms with E-state index in [0.29, 0.717) is 5.69 Å². The third kappa shape index (κ3) is 5.15. The van der Waals surface area contributed by atoms with Gasteiger partial charge < -0.3 is 0 Å². The van der Waals surface area contributed by atoms with Crippen molar-refractivity contribution >= 4 is 23.5 Å². The Morgan fingerprint density at radius 1 is 1.31 bits per heavy atom. The molecular weight excluding hydrogens is 218 g/mol. The Hall–Kier alpha value is -1.05. The van der Waals surface area contributed by atoms with E-state index >= 15 is 0 Å². The van der Waals surface area contributed by atoms with Gasteiger partial charge in [-0.15, -0.1) is 11.8 Å². The number of hydrogen-bond donors (Lipinski definition) is 0. The number of nitrogens with zero attached hydrogens (tertiary/aromatic N) is 1. The number of aliphatic imine (C=N–C) groups is 1. The van der Waals surface area contributed by atoms with Crippen LogP contribution in [0.15, 0.2) is 34.2 Å². The Bertz CT molecular complexity index is 359. The van der Waals surface area contributed by atoms with Crippen molar-refractivity contribution in [2.24, 2.45) is 4.99 Å². The molecule has 0 aliphatic heterocycles. The second-order valence-electron chi connectivity index (χ2n) is 3.61. The normalized spacial score (nSPS) is 9.81. The zero-order valence-electron chi connectivity index (χ0n) is 9.61. The molecule has 86 valence electrons. The number of isocyanates is 1. The number of benzene rings is 1. The number of thioether (sulfide) groups is 1. The van der Waals surface area contributed by atoms with Gasteiger partial charge in [0.05, 0.1) is 5.69 Å². The first kappa shape index (κ1) is 13.0. The molecule has 0 radical (unpaired) electrons. The summed E-state index contributed by atoms with van der Waals surface area (Å²) in [5.74, 6) is 1.13. The lowest BCUT2D eigenvalue weighted by atomic mass is 10.2. The van der Waals surface area contributed by atoms with Crippen molar-refractivity contribution in [3.05, 3.63) is 24.3 Å². The number of hydrogen-bond acceptors (Lipinski definition) is 3. The van der Waals surface area contributed by atoms with Crippen LogP contribution in [0.2, 0.25) is 0 Å². The molecule has 0 aromatic heterocycles. The largest absolute Gasteiger partial charge is 0.240 e. The van der Waals surface area contributed by atoms with Gasteiger partial charge in [0, 0.05) is 4.90 Å². The van der Waals surface area contributed by atoms with Gasteiger partial charge >= 0.3 is 0 Å². The summed E-state index contributed by atoms with van der Waals surface area (Å²) in [5.41, 5.74) is 0.688. The highest BCUT2D eigenvalue weighted by Crippen LogP contribution is 2.24. The van der Waals surface area contributed by atoms with Crippen molar-refractivity contribution in [3.8, 4) is 0 Å². The Kier molecular flexibility index (Phi) is 6.62. The second kappa shape index (κ2) is 8.14. The molecule has 16 heavy (non-hydrogen) atoms. The van der Waals surface area contributed by atoms with Crippen molar-refractivity contribution in [2.45, 2.75) is 37.5 Å². The quantitative estimate of drug-likeness (QED) is 0.305. The van der Waals surface area contributed by atoms with E-state index in [9.17, 15) is 4.79 Å². The zero-order valence-corrected chi connectivity index (χ0v) is 10.4. The fourth-order valence-electron chi connectivity index (χ4n) is 1.41. The van der Waals surface area contributed by atoms with Gasteiger partial charge in [-0.2, -0.15) is 4.99 Å². The molecule has 2 nitrogen and oxygen atoms in total. The van der Waals surface area contributed by atoms with Crippen molar-refractivity contribution < 1.29 is 4.79 Å². The molecule has 0 saturated carbocycles. The van der Waals surface area contributed by atoms with Gasteiger partial charge in [0.25, 0.3) is 0 Å². The molecule has 1 aromatic rings. The van der Waals surface area contributed by atoms with E-state index in [2.05, 4.69) is 11.9 Å². The van der Waals surface area contributed by atoms with Crippen molar-refractivity contribution in [2.75, 3.05) is 5.75 Å². The summed E-state index contributed by atoms with van der Waals surface area (Å²) < 4.78 is 0. The molecule has 0 unspecified atom stereocenters. The van der Waals surface area contributed by atoms with Gasteiger partial charge in [-0.1, -0.05) is 32.3 Å². The number of rotatable bonds is 7. The first-order valence-corrected chi connectivity index (χ1v) is 6.66. The van der Waals surface area contributed by atoms with E-state index in [0.717, 1.165) is 5.75 Å². The Labute approximate surface area is 101 Å². The third-order valence-electron chi connectivity index (χ3n) is 2.26. The van der Waals surface area contributed by atoms with Gasteiger partial charge in [-0.25, -0.2) is 4.79 Å². The minimum atomic E-state index is 0.688. The predicted octanol–water partition coefficient (Wildman–Crippen LogP) is 4.33. The molecule has 0 heterocycles. The first-order valence-electron chi connectivity index (χ1n) is 5.67. The van der Waals surface area contributed by atoms with Crippen LogP contribution in [-0.4, -0.2) is 11.8 Å². The van der Waals surface area contributed by atoms with Crippen LogP contribution >= 0.6 is 11.8 Å². The molecule has 1 aromatic carbocycles. The van der Waals surface area contributed by atoms with Crippen molar-refractivity contribution in [1.29, 1.82) is 0 Å². The Morgan fingerprint density at radius 3 is 2.94 bits per heavy atom. The van der Waals surface area contributed by atoms with Gasteiger partial charge in [0.2, 0.25) is 6.08 Å². The smallest absolute Gasteiger partial charge is 0.211 e. The highest BCUT2D eigenvalue weighted by Gasteiger charge is 1.96.